The van der Waals surface area contributed by atoms with E-state index in [1.807, 2.05) is 6.08 Å². The van der Waals surface area contributed by atoms with Crippen molar-refractivity contribution in [3.8, 4) is 0 Å². The van der Waals surface area contributed by atoms with E-state index >= 15 is 0 Å². The minimum atomic E-state index is -0.268. The lowest BCUT2D eigenvalue weighted by Gasteiger charge is -2.59. The van der Waals surface area contributed by atoms with Crippen LogP contribution in [0, 0.1) is 28.6 Å². The van der Waals surface area contributed by atoms with Crippen LogP contribution in [0.1, 0.15) is 58.8 Å². The summed E-state index contributed by atoms with van der Waals surface area (Å²) in [5, 5.41) is 10.7. The number of nitrogens with two attached hydrogens (primary N) is 1. The van der Waals surface area contributed by atoms with Gasteiger partial charge in [-0.25, -0.2) is 5.84 Å². The van der Waals surface area contributed by atoms with Gasteiger partial charge in [0.1, 0.15) is 0 Å². The standard InChI is InChI=1S/C19H30N2O4S/c1-18-8-7-12(22)9-11(18)3-4-13-14-5-6-16(23)19(14,2)10-15(17(13)18)24-26-25-21-20/h9,13-17,21,23H,3-8,10,20H2,1-2H3. The van der Waals surface area contributed by atoms with Crippen LogP contribution in [-0.4, -0.2) is 23.1 Å². The zero-order chi connectivity index (χ0) is 18.5. The summed E-state index contributed by atoms with van der Waals surface area (Å²) in [4.78, 5) is 12.0. The Labute approximate surface area is 159 Å². The summed E-state index contributed by atoms with van der Waals surface area (Å²) in [6.07, 6.45) is 7.97. The van der Waals surface area contributed by atoms with E-state index in [0.29, 0.717) is 24.2 Å². The summed E-state index contributed by atoms with van der Waals surface area (Å²) in [6.45, 7) is 4.55. The number of allylic oxidation sites excluding steroid dienone is 1. The third kappa shape index (κ3) is 2.79. The maximum absolute atomic E-state index is 12.0. The molecule has 3 fully saturated rings. The lowest BCUT2D eigenvalue weighted by atomic mass is 9.46. The van der Waals surface area contributed by atoms with Crippen LogP contribution in [-0.2, 0) is 13.3 Å². The molecule has 0 spiro atoms. The molecule has 4 rings (SSSR count). The maximum atomic E-state index is 12.0. The van der Waals surface area contributed by atoms with Gasteiger partial charge >= 0.3 is 0 Å². The van der Waals surface area contributed by atoms with Crippen LogP contribution in [0.3, 0.4) is 0 Å². The van der Waals surface area contributed by atoms with Crippen LogP contribution in [0.2, 0.25) is 0 Å². The lowest BCUT2D eigenvalue weighted by molar-refractivity contribution is -0.133. The highest BCUT2D eigenvalue weighted by atomic mass is 32.2. The van der Waals surface area contributed by atoms with Gasteiger partial charge in [0.05, 0.1) is 12.2 Å². The monoisotopic (exact) mass is 382 g/mol. The average Bonchev–Trinajstić information content (AvgIpc) is 2.90. The molecular weight excluding hydrogens is 352 g/mol. The Morgan fingerprint density at radius 3 is 2.88 bits per heavy atom. The summed E-state index contributed by atoms with van der Waals surface area (Å²) < 4.78 is 11.0. The van der Waals surface area contributed by atoms with Crippen molar-refractivity contribution in [1.82, 2.24) is 5.59 Å². The smallest absolute Gasteiger partial charge is 0.180 e. The fourth-order valence-corrected chi connectivity index (χ4v) is 7.17. The van der Waals surface area contributed by atoms with Crippen molar-refractivity contribution in [2.45, 2.75) is 71.0 Å². The van der Waals surface area contributed by atoms with Crippen molar-refractivity contribution in [3.63, 3.8) is 0 Å². The van der Waals surface area contributed by atoms with Crippen molar-refractivity contribution in [3.05, 3.63) is 11.6 Å². The molecule has 4 aliphatic carbocycles. The molecule has 0 saturated heterocycles. The second-order valence-electron chi connectivity index (χ2n) is 9.10. The normalized spacial score (nSPS) is 47.8. The van der Waals surface area contributed by atoms with Gasteiger partial charge in [0.15, 0.2) is 18.1 Å². The van der Waals surface area contributed by atoms with Gasteiger partial charge in [0.25, 0.3) is 0 Å². The third-order valence-corrected chi connectivity index (χ3v) is 8.56. The van der Waals surface area contributed by atoms with Crippen LogP contribution in [0.5, 0.6) is 0 Å². The fourth-order valence-electron chi connectivity index (χ4n) is 6.80. The Balaban J connectivity index is 1.69. The number of aliphatic hydroxyl groups excluding tert-OH is 1. The number of carbonyl (C=O) groups is 1. The molecule has 6 nitrogen and oxygen atoms in total. The molecule has 0 amide bonds. The van der Waals surface area contributed by atoms with Gasteiger partial charge in [-0.05, 0) is 73.2 Å². The number of aliphatic hydroxyl groups is 1. The molecule has 0 bridgehead atoms. The van der Waals surface area contributed by atoms with Crippen LogP contribution in [0.15, 0.2) is 11.6 Å². The number of hydrogen-bond donors (Lipinski definition) is 3. The molecule has 146 valence electrons. The van der Waals surface area contributed by atoms with Crippen molar-refractivity contribution in [1.29, 1.82) is 0 Å². The highest BCUT2D eigenvalue weighted by molar-refractivity contribution is 7.89. The largest absolute Gasteiger partial charge is 0.393 e. The van der Waals surface area contributed by atoms with Crippen molar-refractivity contribution in [2.24, 2.45) is 34.4 Å². The summed E-state index contributed by atoms with van der Waals surface area (Å²) >= 11 is 0.884. The number of nitrogens with one attached hydrogen (secondary N) is 1. The fraction of sp³-hybridized carbons (Fsp3) is 0.842. The summed E-state index contributed by atoms with van der Waals surface area (Å²) in [5.41, 5.74) is 3.33. The van der Waals surface area contributed by atoms with Crippen LogP contribution in [0.25, 0.3) is 0 Å². The molecule has 0 radical (unpaired) electrons. The van der Waals surface area contributed by atoms with E-state index in [2.05, 4.69) is 19.4 Å². The van der Waals surface area contributed by atoms with E-state index < -0.39 is 0 Å². The molecular formula is C19H30N2O4S. The molecule has 4 N–H and O–H groups in total. The first-order chi connectivity index (χ1) is 12.4. The molecule has 0 aliphatic heterocycles. The summed E-state index contributed by atoms with van der Waals surface area (Å²) in [7, 11) is 0. The zero-order valence-corrected chi connectivity index (χ0v) is 16.4. The Bertz CT molecular complexity index is 614. The molecule has 7 heteroatoms. The molecule has 0 aromatic heterocycles. The highest BCUT2D eigenvalue weighted by Gasteiger charge is 2.62. The number of fused-ring (bicyclic) bond motifs is 5. The first-order valence-electron chi connectivity index (χ1n) is 9.76. The van der Waals surface area contributed by atoms with Gasteiger partial charge in [-0.2, -0.15) is 4.28 Å². The number of ketones is 1. The third-order valence-electron chi connectivity index (χ3n) is 8.07. The number of rotatable bonds is 4. The van der Waals surface area contributed by atoms with Crippen molar-refractivity contribution < 1.29 is 18.4 Å². The van der Waals surface area contributed by atoms with Gasteiger partial charge in [-0.3, -0.25) is 8.98 Å². The number of hydrogen-bond acceptors (Lipinski definition) is 7. The topological polar surface area (TPSA) is 93.8 Å². The van der Waals surface area contributed by atoms with Crippen LogP contribution in [0.4, 0.5) is 0 Å². The number of carbonyl (C=O) groups excluding carboxylic acids is 1. The van der Waals surface area contributed by atoms with Gasteiger partial charge < -0.3 is 5.11 Å². The SMILES string of the molecule is CC12CCC(=O)C=C1CCC1C2C(OSONN)CC2(C)C(O)CCC12. The van der Waals surface area contributed by atoms with E-state index in [0.717, 1.165) is 50.8 Å². The van der Waals surface area contributed by atoms with E-state index in [-0.39, 0.29) is 28.8 Å². The molecule has 0 heterocycles. The Hall–Kier alpha value is -0.440. The van der Waals surface area contributed by atoms with E-state index in [9.17, 15) is 9.90 Å². The molecule has 0 aromatic carbocycles. The zero-order valence-electron chi connectivity index (χ0n) is 15.6. The molecule has 26 heavy (non-hydrogen) atoms. The second kappa shape index (κ2) is 6.87. The molecule has 4 aliphatic rings. The average molecular weight is 383 g/mol. The molecule has 0 aromatic rings. The maximum Gasteiger partial charge on any atom is 0.180 e. The van der Waals surface area contributed by atoms with Gasteiger partial charge in [-0.1, -0.05) is 19.4 Å². The number of hydrazine groups is 1. The van der Waals surface area contributed by atoms with E-state index in [1.165, 1.54) is 5.57 Å². The van der Waals surface area contributed by atoms with Crippen molar-refractivity contribution >= 4 is 18.1 Å². The second-order valence-corrected chi connectivity index (χ2v) is 9.59. The predicted octanol–water partition coefficient (Wildman–Crippen LogP) is 2.83. The lowest BCUT2D eigenvalue weighted by Crippen LogP contribution is -2.57. The summed E-state index contributed by atoms with van der Waals surface area (Å²) in [6, 6.07) is 0. The first kappa shape index (κ1) is 18.9. The Morgan fingerprint density at radius 2 is 2.12 bits per heavy atom. The van der Waals surface area contributed by atoms with Gasteiger partial charge in [0, 0.05) is 6.42 Å². The first-order valence-corrected chi connectivity index (χ1v) is 10.4. The minimum absolute atomic E-state index is 0.00688. The Kier molecular flexibility index (Phi) is 4.99. The van der Waals surface area contributed by atoms with E-state index in [1.54, 1.807) is 0 Å². The van der Waals surface area contributed by atoms with E-state index in [4.69, 9.17) is 14.3 Å². The minimum Gasteiger partial charge on any atom is -0.393 e. The van der Waals surface area contributed by atoms with Crippen LogP contribution < -0.4 is 11.4 Å². The Morgan fingerprint density at radius 1 is 1.31 bits per heavy atom. The molecule has 7 atom stereocenters. The predicted molar refractivity (Wildman–Crippen MR) is 99.0 cm³/mol. The van der Waals surface area contributed by atoms with Gasteiger partial charge in [0.2, 0.25) is 0 Å². The van der Waals surface area contributed by atoms with Crippen LogP contribution >= 0.6 is 12.3 Å². The molecule has 7 unspecified atom stereocenters. The van der Waals surface area contributed by atoms with Crippen molar-refractivity contribution in [2.75, 3.05) is 0 Å². The molecule has 3 saturated carbocycles. The highest BCUT2D eigenvalue weighted by Crippen LogP contribution is 2.66. The summed E-state index contributed by atoms with van der Waals surface area (Å²) in [5.74, 6) is 6.83. The quantitative estimate of drug-likeness (QED) is 0.298. The van der Waals surface area contributed by atoms with Gasteiger partial charge in [-0.15, -0.1) is 5.59 Å².